The van der Waals surface area contributed by atoms with Gasteiger partial charge in [-0.3, -0.25) is 0 Å². The van der Waals surface area contributed by atoms with E-state index in [0.29, 0.717) is 15.6 Å². The predicted molar refractivity (Wildman–Crippen MR) is 88.5 cm³/mol. The van der Waals surface area contributed by atoms with Crippen LogP contribution in [0.3, 0.4) is 0 Å². The van der Waals surface area contributed by atoms with Gasteiger partial charge < -0.3 is 0 Å². The van der Waals surface area contributed by atoms with Gasteiger partial charge in [-0.1, -0.05) is 51.3 Å². The summed E-state index contributed by atoms with van der Waals surface area (Å²) in [5.74, 6) is 0. The number of halogens is 3. The number of hydrogen-bond donors (Lipinski definition) is 1. The highest BCUT2D eigenvalue weighted by Gasteiger charge is 2.12. The van der Waals surface area contributed by atoms with Crippen molar-refractivity contribution in [2.45, 2.75) is 4.90 Å². The van der Waals surface area contributed by atoms with Gasteiger partial charge >= 0.3 is 0 Å². The molecule has 0 saturated carbocycles. The Kier molecular flexibility index (Phi) is 5.27. The van der Waals surface area contributed by atoms with Crippen molar-refractivity contribution < 1.29 is 8.42 Å². The molecule has 0 atom stereocenters. The van der Waals surface area contributed by atoms with Crippen LogP contribution in [0.2, 0.25) is 10.0 Å². The van der Waals surface area contributed by atoms with Gasteiger partial charge in [-0.2, -0.15) is 13.5 Å². The summed E-state index contributed by atoms with van der Waals surface area (Å²) in [5, 5.41) is 4.38. The molecule has 0 bridgehead atoms. The highest BCUT2D eigenvalue weighted by Crippen LogP contribution is 2.24. The molecule has 2 aromatic carbocycles. The third-order valence-corrected chi connectivity index (χ3v) is 5.08. The first-order valence-electron chi connectivity index (χ1n) is 5.64. The highest BCUT2D eigenvalue weighted by molar-refractivity contribution is 9.10. The molecule has 0 unspecified atom stereocenters. The van der Waals surface area contributed by atoms with Crippen LogP contribution in [0.15, 0.2) is 56.9 Å². The minimum atomic E-state index is -3.71. The highest BCUT2D eigenvalue weighted by atomic mass is 79.9. The Balaban J connectivity index is 2.16. The Morgan fingerprint density at radius 3 is 2.43 bits per heavy atom. The maximum absolute atomic E-state index is 12.0. The number of hydrogen-bond acceptors (Lipinski definition) is 3. The summed E-state index contributed by atoms with van der Waals surface area (Å²) in [7, 11) is -3.71. The van der Waals surface area contributed by atoms with Gasteiger partial charge in [-0.15, -0.1) is 0 Å². The molecule has 0 saturated heterocycles. The molecule has 2 aromatic rings. The van der Waals surface area contributed by atoms with Gasteiger partial charge in [-0.05, 0) is 30.3 Å². The van der Waals surface area contributed by atoms with Crippen molar-refractivity contribution in [2.24, 2.45) is 5.10 Å². The largest absolute Gasteiger partial charge is 0.276 e. The Bertz CT molecular complexity index is 777. The minimum absolute atomic E-state index is 0.111. The minimum Gasteiger partial charge on any atom is -0.200 e. The molecule has 2 rings (SSSR count). The first-order valence-corrected chi connectivity index (χ1v) is 8.68. The van der Waals surface area contributed by atoms with Crippen molar-refractivity contribution in [3.8, 4) is 0 Å². The molecular weight excluding hydrogens is 399 g/mol. The van der Waals surface area contributed by atoms with Crippen molar-refractivity contribution in [2.75, 3.05) is 0 Å². The van der Waals surface area contributed by atoms with Gasteiger partial charge in [0.25, 0.3) is 10.0 Å². The second kappa shape index (κ2) is 6.79. The Hall–Kier alpha value is -1.08. The molecule has 0 aromatic heterocycles. The fraction of sp³-hybridized carbons (Fsp3) is 0. The maximum atomic E-state index is 12.0. The lowest BCUT2D eigenvalue weighted by atomic mass is 10.2. The first kappa shape index (κ1) is 16.3. The van der Waals surface area contributed by atoms with Gasteiger partial charge in [0.2, 0.25) is 0 Å². The van der Waals surface area contributed by atoms with E-state index < -0.39 is 10.0 Å². The van der Waals surface area contributed by atoms with Crippen LogP contribution in [0.4, 0.5) is 0 Å². The van der Waals surface area contributed by atoms with Crippen molar-refractivity contribution in [3.63, 3.8) is 0 Å². The van der Waals surface area contributed by atoms with Crippen LogP contribution in [0.25, 0.3) is 0 Å². The van der Waals surface area contributed by atoms with E-state index in [1.54, 1.807) is 30.3 Å². The second-order valence-corrected chi connectivity index (χ2v) is 7.31. The Labute approximate surface area is 141 Å². The lowest BCUT2D eigenvalue weighted by molar-refractivity contribution is 0.584. The van der Waals surface area contributed by atoms with E-state index in [1.807, 2.05) is 0 Å². The van der Waals surface area contributed by atoms with E-state index in [4.69, 9.17) is 23.2 Å². The summed E-state index contributed by atoms with van der Waals surface area (Å²) in [6.07, 6.45) is 1.30. The van der Waals surface area contributed by atoms with Crippen LogP contribution >= 0.6 is 39.1 Å². The van der Waals surface area contributed by atoms with Crippen LogP contribution in [0.5, 0.6) is 0 Å². The van der Waals surface area contributed by atoms with Gasteiger partial charge in [0.1, 0.15) is 0 Å². The number of sulfonamides is 1. The summed E-state index contributed by atoms with van der Waals surface area (Å²) in [6.45, 7) is 0. The zero-order chi connectivity index (χ0) is 15.5. The second-order valence-electron chi connectivity index (χ2n) is 3.95. The first-order chi connectivity index (χ1) is 9.90. The summed E-state index contributed by atoms with van der Waals surface area (Å²) in [4.78, 5) is 2.23. The molecule has 8 heteroatoms. The van der Waals surface area contributed by atoms with Crippen molar-refractivity contribution in [1.82, 2.24) is 4.83 Å². The molecule has 4 nitrogen and oxygen atoms in total. The van der Waals surface area contributed by atoms with Crippen molar-refractivity contribution >= 4 is 55.4 Å². The van der Waals surface area contributed by atoms with Crippen molar-refractivity contribution in [3.05, 3.63) is 62.5 Å². The SMILES string of the molecule is O=S(=O)(NN=Cc1cccc(Cl)c1Cl)c1ccc(Br)cc1. The number of nitrogens with one attached hydrogen (secondary N) is 1. The molecule has 0 radical (unpaired) electrons. The number of rotatable bonds is 4. The summed E-state index contributed by atoms with van der Waals surface area (Å²) >= 11 is 15.1. The van der Waals surface area contributed by atoms with Crippen molar-refractivity contribution in [1.29, 1.82) is 0 Å². The smallest absolute Gasteiger partial charge is 0.200 e. The lowest BCUT2D eigenvalue weighted by Crippen LogP contribution is -2.18. The number of benzene rings is 2. The van der Waals surface area contributed by atoms with E-state index in [2.05, 4.69) is 25.9 Å². The van der Waals surface area contributed by atoms with Crippen LogP contribution in [0, 0.1) is 0 Å². The van der Waals surface area contributed by atoms with E-state index in [1.165, 1.54) is 18.3 Å². The molecule has 110 valence electrons. The van der Waals surface area contributed by atoms with Gasteiger partial charge in [0.15, 0.2) is 0 Å². The molecular formula is C13H9BrCl2N2O2S. The topological polar surface area (TPSA) is 58.5 Å². The van der Waals surface area contributed by atoms with Gasteiger partial charge in [0.05, 0.1) is 21.2 Å². The fourth-order valence-corrected chi connectivity index (χ4v) is 2.86. The van der Waals surface area contributed by atoms with Crippen LogP contribution < -0.4 is 4.83 Å². The third kappa shape index (κ3) is 4.20. The molecule has 0 fully saturated rings. The van der Waals surface area contributed by atoms with Crippen LogP contribution in [0.1, 0.15) is 5.56 Å². The monoisotopic (exact) mass is 406 g/mol. The normalized spacial score (nSPS) is 11.8. The zero-order valence-electron chi connectivity index (χ0n) is 10.4. The van der Waals surface area contributed by atoms with E-state index in [9.17, 15) is 8.42 Å². The Morgan fingerprint density at radius 2 is 1.76 bits per heavy atom. The van der Waals surface area contributed by atoms with Gasteiger partial charge in [0, 0.05) is 10.0 Å². The van der Waals surface area contributed by atoms with Crippen LogP contribution in [-0.4, -0.2) is 14.6 Å². The summed E-state index contributed by atoms with van der Waals surface area (Å²) in [6, 6.07) is 11.2. The molecule has 1 N–H and O–H groups in total. The Morgan fingerprint density at radius 1 is 1.10 bits per heavy atom. The average molecular weight is 408 g/mol. The summed E-state index contributed by atoms with van der Waals surface area (Å²) in [5.41, 5.74) is 0.516. The standard InChI is InChI=1S/C13H9BrCl2N2O2S/c14-10-4-6-11(7-5-10)21(19,20)18-17-8-9-2-1-3-12(15)13(9)16/h1-8,18H. The predicted octanol–water partition coefficient (Wildman–Crippen LogP) is 4.07. The molecule has 0 spiro atoms. The molecule has 21 heavy (non-hydrogen) atoms. The van der Waals surface area contributed by atoms with E-state index in [0.717, 1.165) is 4.47 Å². The number of hydrazone groups is 1. The molecule has 0 aliphatic carbocycles. The third-order valence-electron chi connectivity index (χ3n) is 2.48. The molecule has 0 aliphatic heterocycles. The van der Waals surface area contributed by atoms with Gasteiger partial charge in [-0.25, -0.2) is 4.83 Å². The average Bonchev–Trinajstić information content (AvgIpc) is 2.44. The number of nitrogens with zero attached hydrogens (tertiary/aromatic N) is 1. The van der Waals surface area contributed by atoms with E-state index in [-0.39, 0.29) is 4.90 Å². The van der Waals surface area contributed by atoms with E-state index >= 15 is 0 Å². The zero-order valence-corrected chi connectivity index (χ0v) is 14.3. The lowest BCUT2D eigenvalue weighted by Gasteiger charge is -2.04. The fourth-order valence-electron chi connectivity index (χ4n) is 1.45. The molecule has 0 aliphatic rings. The van der Waals surface area contributed by atoms with Crippen LogP contribution in [-0.2, 0) is 10.0 Å². The molecule has 0 heterocycles. The quantitative estimate of drug-likeness (QED) is 0.613. The maximum Gasteiger partial charge on any atom is 0.276 e. The molecule has 0 amide bonds. The summed E-state index contributed by atoms with van der Waals surface area (Å²) < 4.78 is 24.8.